The second kappa shape index (κ2) is 9.04. The maximum Gasteiger partial charge on any atom is 0.330 e. The normalized spacial score (nSPS) is 18.5. The van der Waals surface area contributed by atoms with Gasteiger partial charge in [0.15, 0.2) is 0 Å². The molecular formula is C29H30N2O. The molecular weight excluding hydrogens is 392 g/mol. The average Bonchev–Trinajstić information content (AvgIpc) is 3.28. The van der Waals surface area contributed by atoms with Crippen LogP contribution in [0.3, 0.4) is 0 Å². The number of para-hydroxylation sites is 1. The molecule has 1 aliphatic carbocycles. The molecule has 0 atom stereocenters. The summed E-state index contributed by atoms with van der Waals surface area (Å²) in [4.78, 5) is 12.7. The molecule has 1 fully saturated rings. The van der Waals surface area contributed by atoms with E-state index >= 15 is 0 Å². The van der Waals surface area contributed by atoms with Gasteiger partial charge in [-0.1, -0.05) is 61.9 Å². The number of nitrogens with zero attached hydrogens (tertiary/aromatic N) is 1. The van der Waals surface area contributed by atoms with Crippen LogP contribution in [-0.4, -0.2) is 10.6 Å². The molecule has 0 radical (unpaired) electrons. The Morgan fingerprint density at radius 2 is 1.59 bits per heavy atom. The number of nitrogens with one attached hydrogen (secondary N) is 1. The summed E-state index contributed by atoms with van der Waals surface area (Å²) in [6, 6.07) is 26.8. The fraction of sp³-hybridized carbons (Fsp3) is 0.276. The molecule has 0 bridgehead atoms. The van der Waals surface area contributed by atoms with Gasteiger partial charge >= 0.3 is 6.03 Å². The SMILES string of the molecule is CC[C@H]1CC[C@H](c2ccc(-c3ccc4c(ccn4C(=O)Nc4ccccc4)c3)cc2)CC1. The molecule has 0 spiro atoms. The quantitative estimate of drug-likeness (QED) is 0.354. The highest BCUT2D eigenvalue weighted by atomic mass is 16.2. The minimum atomic E-state index is -0.152. The van der Waals surface area contributed by atoms with E-state index in [1.54, 1.807) is 4.57 Å². The van der Waals surface area contributed by atoms with Crippen LogP contribution < -0.4 is 5.32 Å². The van der Waals surface area contributed by atoms with Gasteiger partial charge in [0, 0.05) is 17.3 Å². The lowest BCUT2D eigenvalue weighted by Crippen LogP contribution is -2.18. The van der Waals surface area contributed by atoms with Crippen molar-refractivity contribution in [3.05, 3.63) is 90.6 Å². The maximum absolute atomic E-state index is 12.7. The number of rotatable bonds is 4. The van der Waals surface area contributed by atoms with Crippen molar-refractivity contribution in [2.24, 2.45) is 5.92 Å². The first kappa shape index (κ1) is 20.6. The van der Waals surface area contributed by atoms with Gasteiger partial charge in [0.05, 0.1) is 5.52 Å². The third-order valence-corrected chi connectivity index (χ3v) is 7.07. The molecule has 0 aliphatic heterocycles. The van der Waals surface area contributed by atoms with Gasteiger partial charge < -0.3 is 5.32 Å². The summed E-state index contributed by atoms with van der Waals surface area (Å²) in [6.07, 6.45) is 8.54. The first-order valence-corrected chi connectivity index (χ1v) is 11.8. The van der Waals surface area contributed by atoms with Crippen LogP contribution in [0.1, 0.15) is 50.5 Å². The Kier molecular flexibility index (Phi) is 5.81. The second-order valence-corrected chi connectivity index (χ2v) is 9.00. The maximum atomic E-state index is 12.7. The van der Waals surface area contributed by atoms with Gasteiger partial charge in [0.2, 0.25) is 0 Å². The van der Waals surface area contributed by atoms with E-state index in [-0.39, 0.29) is 6.03 Å². The molecule has 1 saturated carbocycles. The topological polar surface area (TPSA) is 34.0 Å². The predicted octanol–water partition coefficient (Wildman–Crippen LogP) is 8.07. The smallest absolute Gasteiger partial charge is 0.307 e. The fourth-order valence-electron chi connectivity index (χ4n) is 5.06. The molecule has 162 valence electrons. The van der Waals surface area contributed by atoms with Crippen molar-refractivity contribution in [2.75, 3.05) is 5.32 Å². The van der Waals surface area contributed by atoms with E-state index in [0.29, 0.717) is 5.92 Å². The van der Waals surface area contributed by atoms with E-state index in [1.165, 1.54) is 48.8 Å². The van der Waals surface area contributed by atoms with Crippen LogP contribution in [0.4, 0.5) is 10.5 Å². The minimum absolute atomic E-state index is 0.152. The zero-order valence-electron chi connectivity index (χ0n) is 18.6. The average molecular weight is 423 g/mol. The number of carbonyl (C=O) groups is 1. The molecule has 1 N–H and O–H groups in total. The Bertz CT molecular complexity index is 1200. The molecule has 3 nitrogen and oxygen atoms in total. The Labute approximate surface area is 190 Å². The highest BCUT2D eigenvalue weighted by Crippen LogP contribution is 2.37. The summed E-state index contributed by atoms with van der Waals surface area (Å²) in [6.45, 7) is 2.32. The predicted molar refractivity (Wildman–Crippen MR) is 133 cm³/mol. The standard InChI is InChI=1S/C29H30N2O/c1-2-21-8-10-22(11-9-21)23-12-14-24(15-13-23)25-16-17-28-26(20-25)18-19-31(28)29(32)30-27-6-4-3-5-7-27/h3-7,12-22H,2,8-11H2,1H3,(H,30,32)/t21-,22-. The Morgan fingerprint density at radius 3 is 2.31 bits per heavy atom. The molecule has 4 aromatic rings. The molecule has 0 saturated heterocycles. The summed E-state index contributed by atoms with van der Waals surface area (Å²) in [5.74, 6) is 1.64. The van der Waals surface area contributed by atoms with Crippen LogP contribution in [0, 0.1) is 5.92 Å². The summed E-state index contributed by atoms with van der Waals surface area (Å²) in [5.41, 5.74) is 5.58. The first-order valence-electron chi connectivity index (χ1n) is 11.8. The largest absolute Gasteiger partial charge is 0.330 e. The number of hydrogen-bond donors (Lipinski definition) is 1. The Balaban J connectivity index is 1.33. The second-order valence-electron chi connectivity index (χ2n) is 9.00. The number of fused-ring (bicyclic) bond motifs is 1. The lowest BCUT2D eigenvalue weighted by Gasteiger charge is -2.28. The van der Waals surface area contributed by atoms with Gasteiger partial charge in [0.25, 0.3) is 0 Å². The van der Waals surface area contributed by atoms with Gasteiger partial charge in [-0.3, -0.25) is 4.57 Å². The van der Waals surface area contributed by atoms with Crippen LogP contribution >= 0.6 is 0 Å². The van der Waals surface area contributed by atoms with Crippen LogP contribution in [0.25, 0.3) is 22.0 Å². The highest BCUT2D eigenvalue weighted by molar-refractivity contribution is 5.99. The zero-order valence-corrected chi connectivity index (χ0v) is 18.6. The zero-order chi connectivity index (χ0) is 21.9. The fourth-order valence-corrected chi connectivity index (χ4v) is 5.06. The molecule has 1 heterocycles. The van der Waals surface area contributed by atoms with E-state index in [1.807, 2.05) is 48.7 Å². The lowest BCUT2D eigenvalue weighted by atomic mass is 9.77. The monoisotopic (exact) mass is 422 g/mol. The minimum Gasteiger partial charge on any atom is -0.307 e. The number of carbonyl (C=O) groups excluding carboxylic acids is 1. The number of aromatic nitrogens is 1. The summed E-state index contributed by atoms with van der Waals surface area (Å²) < 4.78 is 1.67. The summed E-state index contributed by atoms with van der Waals surface area (Å²) >= 11 is 0. The van der Waals surface area contributed by atoms with E-state index < -0.39 is 0 Å². The third-order valence-electron chi connectivity index (χ3n) is 7.07. The lowest BCUT2D eigenvalue weighted by molar-refractivity contribution is 0.254. The first-order chi connectivity index (χ1) is 15.7. The van der Waals surface area contributed by atoms with Crippen LogP contribution in [0.15, 0.2) is 85.1 Å². The molecule has 5 rings (SSSR count). The van der Waals surface area contributed by atoms with Crippen molar-refractivity contribution in [2.45, 2.75) is 44.9 Å². The molecule has 3 heteroatoms. The third kappa shape index (κ3) is 4.20. The van der Waals surface area contributed by atoms with E-state index in [2.05, 4.69) is 48.6 Å². The van der Waals surface area contributed by atoms with Crippen molar-refractivity contribution in [1.82, 2.24) is 4.57 Å². The molecule has 3 aromatic carbocycles. The Morgan fingerprint density at radius 1 is 0.875 bits per heavy atom. The van der Waals surface area contributed by atoms with Crippen molar-refractivity contribution in [3.63, 3.8) is 0 Å². The summed E-state index contributed by atoms with van der Waals surface area (Å²) in [7, 11) is 0. The van der Waals surface area contributed by atoms with E-state index in [4.69, 9.17) is 0 Å². The molecule has 32 heavy (non-hydrogen) atoms. The number of hydrogen-bond acceptors (Lipinski definition) is 1. The van der Waals surface area contributed by atoms with Crippen LogP contribution in [0.2, 0.25) is 0 Å². The van der Waals surface area contributed by atoms with E-state index in [9.17, 15) is 4.79 Å². The van der Waals surface area contributed by atoms with Gasteiger partial charge in [-0.2, -0.15) is 0 Å². The van der Waals surface area contributed by atoms with Crippen LogP contribution in [0.5, 0.6) is 0 Å². The van der Waals surface area contributed by atoms with Crippen LogP contribution in [-0.2, 0) is 0 Å². The van der Waals surface area contributed by atoms with Gasteiger partial charge in [-0.05, 0) is 84.5 Å². The molecule has 0 unspecified atom stereocenters. The number of amides is 1. The van der Waals surface area contributed by atoms with Crippen molar-refractivity contribution >= 4 is 22.6 Å². The van der Waals surface area contributed by atoms with Gasteiger partial charge in [0.1, 0.15) is 0 Å². The highest BCUT2D eigenvalue weighted by Gasteiger charge is 2.21. The van der Waals surface area contributed by atoms with Crippen molar-refractivity contribution in [1.29, 1.82) is 0 Å². The Hall–Kier alpha value is -3.33. The molecule has 1 aromatic heterocycles. The molecule has 1 amide bonds. The van der Waals surface area contributed by atoms with Crippen molar-refractivity contribution in [3.8, 4) is 11.1 Å². The van der Waals surface area contributed by atoms with Gasteiger partial charge in [-0.25, -0.2) is 4.79 Å². The van der Waals surface area contributed by atoms with E-state index in [0.717, 1.165) is 22.5 Å². The van der Waals surface area contributed by atoms with Gasteiger partial charge in [-0.15, -0.1) is 0 Å². The number of anilines is 1. The molecule has 1 aliphatic rings. The summed E-state index contributed by atoms with van der Waals surface area (Å²) in [5, 5.41) is 4.01. The van der Waals surface area contributed by atoms with Crippen molar-refractivity contribution < 1.29 is 4.79 Å². The number of benzene rings is 3.